The number of nitrogens with zero attached hydrogens (tertiary/aromatic N) is 2. The molecule has 1 unspecified atom stereocenters. The first-order valence-electron chi connectivity index (χ1n) is 8.46. The summed E-state index contributed by atoms with van der Waals surface area (Å²) in [4.78, 5) is 32.5. The van der Waals surface area contributed by atoms with Crippen LogP contribution in [0.25, 0.3) is 11.4 Å². The molecule has 1 saturated heterocycles. The molecule has 9 heteroatoms. The molecule has 0 aliphatic carbocycles. The van der Waals surface area contributed by atoms with Crippen LogP contribution in [0, 0.1) is 6.92 Å². The second kappa shape index (κ2) is 7.05. The zero-order chi connectivity index (χ0) is 19.8. The Morgan fingerprint density at radius 2 is 2.04 bits per heavy atom. The largest absolute Gasteiger partial charge is 0.480 e. The Balaban J connectivity index is 1.93. The van der Waals surface area contributed by atoms with E-state index in [4.69, 9.17) is 0 Å². The Kier molecular flexibility index (Phi) is 4.95. The Hall–Kier alpha value is -2.84. The van der Waals surface area contributed by atoms with Gasteiger partial charge in [-0.3, -0.25) is 4.79 Å². The number of carboxylic acid groups (broad SMARTS) is 1. The van der Waals surface area contributed by atoms with Crippen molar-refractivity contribution in [1.29, 1.82) is 0 Å². The van der Waals surface area contributed by atoms with E-state index in [0.717, 1.165) is 18.6 Å². The third-order valence-electron chi connectivity index (χ3n) is 4.60. The Bertz CT molecular complexity index is 876. The molecule has 2 heterocycles. The van der Waals surface area contributed by atoms with Crippen LogP contribution in [0.2, 0.25) is 0 Å². The summed E-state index contributed by atoms with van der Waals surface area (Å²) in [5, 5.41) is 9.34. The van der Waals surface area contributed by atoms with E-state index in [-0.39, 0.29) is 17.1 Å². The van der Waals surface area contributed by atoms with E-state index in [1.54, 1.807) is 6.92 Å². The number of carboxylic acids is 1. The lowest BCUT2D eigenvalue weighted by molar-refractivity contribution is -0.143. The average molecular weight is 381 g/mol. The van der Waals surface area contributed by atoms with Crippen LogP contribution < -0.4 is 0 Å². The Morgan fingerprint density at radius 1 is 1.30 bits per heavy atom. The molecule has 144 valence electrons. The van der Waals surface area contributed by atoms with E-state index in [2.05, 4.69) is 9.97 Å². The minimum Gasteiger partial charge on any atom is -0.480 e. The van der Waals surface area contributed by atoms with Crippen LogP contribution >= 0.6 is 0 Å². The molecule has 2 aromatic rings. The summed E-state index contributed by atoms with van der Waals surface area (Å²) >= 11 is 0. The summed E-state index contributed by atoms with van der Waals surface area (Å²) < 4.78 is 38.7. The van der Waals surface area contributed by atoms with Crippen molar-refractivity contribution in [3.63, 3.8) is 0 Å². The second-order valence-electron chi connectivity index (χ2n) is 6.49. The van der Waals surface area contributed by atoms with Crippen LogP contribution in [0.15, 0.2) is 24.3 Å². The van der Waals surface area contributed by atoms with Gasteiger partial charge in [0.05, 0.1) is 5.56 Å². The second-order valence-corrected chi connectivity index (χ2v) is 6.49. The first-order chi connectivity index (χ1) is 12.7. The lowest BCUT2D eigenvalue weighted by Gasteiger charge is -2.32. The van der Waals surface area contributed by atoms with Crippen molar-refractivity contribution in [1.82, 2.24) is 14.9 Å². The molecular weight excluding hydrogens is 363 g/mol. The van der Waals surface area contributed by atoms with Gasteiger partial charge in [0.25, 0.3) is 5.91 Å². The summed E-state index contributed by atoms with van der Waals surface area (Å²) in [5.41, 5.74) is -0.220. The summed E-state index contributed by atoms with van der Waals surface area (Å²) in [7, 11) is 0. The number of piperidine rings is 1. The van der Waals surface area contributed by atoms with Gasteiger partial charge < -0.3 is 15.0 Å². The minimum atomic E-state index is -4.49. The number of alkyl halides is 3. The highest BCUT2D eigenvalue weighted by atomic mass is 19.4. The number of benzene rings is 1. The predicted molar refractivity (Wildman–Crippen MR) is 90.1 cm³/mol. The third-order valence-corrected chi connectivity index (χ3v) is 4.60. The van der Waals surface area contributed by atoms with Gasteiger partial charge in [-0.25, -0.2) is 9.78 Å². The van der Waals surface area contributed by atoms with Gasteiger partial charge in [0, 0.05) is 17.8 Å². The fourth-order valence-corrected chi connectivity index (χ4v) is 3.22. The maximum Gasteiger partial charge on any atom is 0.416 e. The molecule has 0 saturated carbocycles. The molecule has 1 aromatic heterocycles. The first-order valence-corrected chi connectivity index (χ1v) is 8.46. The fraction of sp³-hybridized carbons (Fsp3) is 0.389. The molecule has 2 N–H and O–H groups in total. The smallest absolute Gasteiger partial charge is 0.416 e. The van der Waals surface area contributed by atoms with E-state index < -0.39 is 29.7 Å². The maximum absolute atomic E-state index is 12.9. The lowest BCUT2D eigenvalue weighted by atomic mass is 10.0. The molecule has 1 aliphatic rings. The van der Waals surface area contributed by atoms with Crippen molar-refractivity contribution in [2.45, 2.75) is 38.4 Å². The van der Waals surface area contributed by atoms with E-state index in [1.807, 2.05) is 0 Å². The third kappa shape index (κ3) is 3.81. The summed E-state index contributed by atoms with van der Waals surface area (Å²) in [5.74, 6) is -1.48. The molecule has 1 fully saturated rings. The molecule has 1 atom stereocenters. The van der Waals surface area contributed by atoms with Crippen molar-refractivity contribution >= 4 is 11.9 Å². The molecule has 6 nitrogen and oxygen atoms in total. The number of halogens is 3. The number of H-pyrrole nitrogens is 1. The number of carbonyl (C=O) groups excluding carboxylic acids is 1. The van der Waals surface area contributed by atoms with E-state index >= 15 is 0 Å². The number of likely N-dealkylation sites (tertiary alicyclic amines) is 1. The molecule has 1 aromatic carbocycles. The van der Waals surface area contributed by atoms with Gasteiger partial charge >= 0.3 is 12.1 Å². The molecular formula is C18H18F3N3O3. The molecule has 0 spiro atoms. The Labute approximate surface area is 153 Å². The number of aromatic nitrogens is 2. The molecule has 0 radical (unpaired) electrons. The van der Waals surface area contributed by atoms with Gasteiger partial charge in [-0.05, 0) is 38.3 Å². The number of hydrogen-bond acceptors (Lipinski definition) is 3. The van der Waals surface area contributed by atoms with Crippen molar-refractivity contribution in [2.75, 3.05) is 6.54 Å². The zero-order valence-electron chi connectivity index (χ0n) is 14.5. The number of aliphatic carboxylic acids is 1. The highest BCUT2D eigenvalue weighted by molar-refractivity contribution is 5.96. The number of aromatic amines is 1. The number of rotatable bonds is 3. The highest BCUT2D eigenvalue weighted by Crippen LogP contribution is 2.32. The van der Waals surface area contributed by atoms with E-state index in [1.165, 1.54) is 17.0 Å². The van der Waals surface area contributed by atoms with Crippen LogP contribution in [0.4, 0.5) is 13.2 Å². The topological polar surface area (TPSA) is 86.3 Å². The number of carbonyl (C=O) groups is 2. The van der Waals surface area contributed by atoms with E-state index in [9.17, 15) is 27.9 Å². The van der Waals surface area contributed by atoms with Crippen molar-refractivity contribution in [3.8, 4) is 11.4 Å². The van der Waals surface area contributed by atoms with Gasteiger partial charge in [0.15, 0.2) is 0 Å². The highest BCUT2D eigenvalue weighted by Gasteiger charge is 2.34. The van der Waals surface area contributed by atoms with Gasteiger partial charge in [-0.15, -0.1) is 0 Å². The van der Waals surface area contributed by atoms with Crippen LogP contribution in [0.5, 0.6) is 0 Å². The number of amides is 1. The molecule has 1 amide bonds. The summed E-state index contributed by atoms with van der Waals surface area (Å²) in [6.07, 6.45) is -2.71. The first kappa shape index (κ1) is 18.9. The average Bonchev–Trinajstić information content (AvgIpc) is 3.02. The van der Waals surface area contributed by atoms with Gasteiger partial charge in [-0.1, -0.05) is 12.1 Å². The summed E-state index contributed by atoms with van der Waals surface area (Å²) in [6, 6.07) is 3.72. The van der Waals surface area contributed by atoms with Crippen LogP contribution in [-0.2, 0) is 11.0 Å². The SMILES string of the molecule is Cc1[nH]c(-c2cccc(C(F)(F)F)c2)nc1C(=O)N1CCCCC1C(=O)O. The lowest BCUT2D eigenvalue weighted by Crippen LogP contribution is -2.48. The quantitative estimate of drug-likeness (QED) is 0.852. The standard InChI is InChI=1S/C18H18F3N3O3/c1-10-14(16(25)24-8-3-2-7-13(24)17(26)27)23-15(22-10)11-5-4-6-12(9-11)18(19,20)21/h4-6,9,13H,2-3,7-8H2,1H3,(H,22,23)(H,26,27). The predicted octanol–water partition coefficient (Wildman–Crippen LogP) is 3.48. The van der Waals surface area contributed by atoms with Crippen molar-refractivity contribution in [2.24, 2.45) is 0 Å². The number of aryl methyl sites for hydroxylation is 1. The van der Waals surface area contributed by atoms with Gasteiger partial charge in [0.1, 0.15) is 17.6 Å². The zero-order valence-corrected chi connectivity index (χ0v) is 14.5. The van der Waals surface area contributed by atoms with Crippen LogP contribution in [0.3, 0.4) is 0 Å². The molecule has 27 heavy (non-hydrogen) atoms. The van der Waals surface area contributed by atoms with Crippen LogP contribution in [-0.4, -0.2) is 44.4 Å². The molecule has 1 aliphatic heterocycles. The minimum absolute atomic E-state index is 0.0237. The fourth-order valence-electron chi connectivity index (χ4n) is 3.22. The van der Waals surface area contributed by atoms with Crippen molar-refractivity contribution in [3.05, 3.63) is 41.2 Å². The van der Waals surface area contributed by atoms with Gasteiger partial charge in [-0.2, -0.15) is 13.2 Å². The molecule has 0 bridgehead atoms. The van der Waals surface area contributed by atoms with Gasteiger partial charge in [0.2, 0.25) is 0 Å². The van der Waals surface area contributed by atoms with E-state index in [0.29, 0.717) is 25.1 Å². The molecule has 3 rings (SSSR count). The maximum atomic E-state index is 12.9. The number of nitrogens with one attached hydrogen (secondary N) is 1. The monoisotopic (exact) mass is 381 g/mol. The Morgan fingerprint density at radius 3 is 2.70 bits per heavy atom. The number of imidazole rings is 1. The number of hydrogen-bond donors (Lipinski definition) is 2. The normalized spacial score (nSPS) is 17.8. The van der Waals surface area contributed by atoms with Crippen molar-refractivity contribution < 1.29 is 27.9 Å². The van der Waals surface area contributed by atoms with Crippen LogP contribution in [0.1, 0.15) is 41.0 Å². The summed E-state index contributed by atoms with van der Waals surface area (Å²) in [6.45, 7) is 1.89.